The Morgan fingerprint density at radius 3 is 2.68 bits per heavy atom. The number of rotatable bonds is 3. The normalized spacial score (nSPS) is 18.1. The first-order valence-electron chi connectivity index (χ1n) is 5.71. The molecule has 19 heavy (non-hydrogen) atoms. The smallest absolute Gasteiger partial charge is 0.371 e. The highest BCUT2D eigenvalue weighted by atomic mass is 16.5. The first-order chi connectivity index (χ1) is 9.01. The molecule has 1 heterocycles. The minimum atomic E-state index is -1.10. The van der Waals surface area contributed by atoms with Crippen molar-refractivity contribution in [1.82, 2.24) is 0 Å². The van der Waals surface area contributed by atoms with E-state index in [-0.39, 0.29) is 17.4 Å². The van der Waals surface area contributed by atoms with Gasteiger partial charge in [-0.15, -0.1) is 0 Å². The van der Waals surface area contributed by atoms with Gasteiger partial charge in [0.2, 0.25) is 5.76 Å². The number of carbonyl (C=O) groups is 1. The quantitative estimate of drug-likeness (QED) is 0.874. The number of hydrogen-bond donors (Lipinski definition) is 2. The number of phenols is 1. The van der Waals surface area contributed by atoms with Gasteiger partial charge in [-0.3, -0.25) is 0 Å². The summed E-state index contributed by atoms with van der Waals surface area (Å²) in [6.45, 7) is 1.85. The van der Waals surface area contributed by atoms with Crippen LogP contribution >= 0.6 is 0 Å². The van der Waals surface area contributed by atoms with Crippen molar-refractivity contribution >= 4 is 11.5 Å². The molecule has 0 aliphatic carbocycles. The Kier molecular flexibility index (Phi) is 3.46. The molecule has 0 aromatic heterocycles. The lowest BCUT2D eigenvalue weighted by Crippen LogP contribution is -2.10. The van der Waals surface area contributed by atoms with E-state index in [4.69, 9.17) is 14.6 Å². The van der Waals surface area contributed by atoms with Gasteiger partial charge in [-0.2, -0.15) is 0 Å². The molecule has 5 nitrogen and oxygen atoms in total. The molecule has 1 atom stereocenters. The Morgan fingerprint density at radius 2 is 2.11 bits per heavy atom. The second kappa shape index (κ2) is 5.06. The average molecular weight is 262 g/mol. The fourth-order valence-corrected chi connectivity index (χ4v) is 1.91. The topological polar surface area (TPSA) is 76.0 Å². The standard InChI is InChI=1S/C14H14O5/c1-8-3-13(14(16)17)19-7-12(8)9-4-10(15)6-11(5-9)18-2/h3-8,15H,1-2H3,(H,16,17)/t8-/m1/s1. The van der Waals surface area contributed by atoms with Gasteiger partial charge in [0, 0.05) is 17.6 Å². The third kappa shape index (κ3) is 2.70. The van der Waals surface area contributed by atoms with Crippen LogP contribution in [-0.2, 0) is 9.53 Å². The van der Waals surface area contributed by atoms with Crippen LogP contribution in [0.25, 0.3) is 5.57 Å². The molecule has 0 spiro atoms. The van der Waals surface area contributed by atoms with Gasteiger partial charge in [-0.05, 0) is 23.8 Å². The molecule has 2 rings (SSSR count). The molecule has 1 aliphatic rings. The molecule has 0 fully saturated rings. The molecule has 100 valence electrons. The molecule has 1 aromatic carbocycles. The van der Waals surface area contributed by atoms with Gasteiger partial charge < -0.3 is 19.7 Å². The van der Waals surface area contributed by atoms with E-state index in [1.807, 2.05) is 6.92 Å². The van der Waals surface area contributed by atoms with Crippen LogP contribution in [0.1, 0.15) is 12.5 Å². The minimum Gasteiger partial charge on any atom is -0.508 e. The van der Waals surface area contributed by atoms with Crippen molar-refractivity contribution < 1.29 is 24.5 Å². The third-order valence-electron chi connectivity index (χ3n) is 2.88. The van der Waals surface area contributed by atoms with E-state index in [0.717, 1.165) is 11.1 Å². The van der Waals surface area contributed by atoms with Gasteiger partial charge in [0.05, 0.1) is 13.4 Å². The molecule has 0 bridgehead atoms. The van der Waals surface area contributed by atoms with Crippen LogP contribution < -0.4 is 4.74 Å². The van der Waals surface area contributed by atoms with Crippen LogP contribution in [-0.4, -0.2) is 23.3 Å². The monoisotopic (exact) mass is 262 g/mol. The second-order valence-corrected chi connectivity index (χ2v) is 4.24. The Hall–Kier alpha value is -2.43. The van der Waals surface area contributed by atoms with Crippen LogP contribution in [0.3, 0.4) is 0 Å². The number of benzene rings is 1. The zero-order chi connectivity index (χ0) is 14.0. The Balaban J connectivity index is 2.34. The molecule has 0 amide bonds. The lowest BCUT2D eigenvalue weighted by molar-refractivity contribution is -0.135. The highest BCUT2D eigenvalue weighted by Gasteiger charge is 2.20. The molecule has 0 saturated carbocycles. The molecule has 0 saturated heterocycles. The highest BCUT2D eigenvalue weighted by Crippen LogP contribution is 2.33. The summed E-state index contributed by atoms with van der Waals surface area (Å²) in [5.74, 6) is -0.725. The molecule has 5 heteroatoms. The number of aromatic hydroxyl groups is 1. The van der Waals surface area contributed by atoms with E-state index in [2.05, 4.69) is 0 Å². The van der Waals surface area contributed by atoms with Crippen molar-refractivity contribution in [3.63, 3.8) is 0 Å². The van der Waals surface area contributed by atoms with Crippen molar-refractivity contribution in [2.75, 3.05) is 7.11 Å². The summed E-state index contributed by atoms with van der Waals surface area (Å²) in [7, 11) is 1.51. The average Bonchev–Trinajstić information content (AvgIpc) is 2.37. The number of hydrogen-bond acceptors (Lipinski definition) is 4. The summed E-state index contributed by atoms with van der Waals surface area (Å²) in [6, 6.07) is 4.83. The SMILES string of the molecule is COc1cc(O)cc(C2=COC(C(=O)O)=C[C@H]2C)c1. The Labute approximate surface area is 110 Å². The lowest BCUT2D eigenvalue weighted by atomic mass is 9.93. The van der Waals surface area contributed by atoms with Crippen molar-refractivity contribution in [3.8, 4) is 11.5 Å². The van der Waals surface area contributed by atoms with Crippen LogP contribution in [0.4, 0.5) is 0 Å². The lowest BCUT2D eigenvalue weighted by Gasteiger charge is -2.19. The summed E-state index contributed by atoms with van der Waals surface area (Å²) in [5, 5.41) is 18.5. The summed E-state index contributed by atoms with van der Waals surface area (Å²) in [4.78, 5) is 10.8. The fourth-order valence-electron chi connectivity index (χ4n) is 1.91. The van der Waals surface area contributed by atoms with E-state index in [9.17, 15) is 9.90 Å². The summed E-state index contributed by atoms with van der Waals surface area (Å²) in [6.07, 6.45) is 2.91. The van der Waals surface area contributed by atoms with E-state index in [1.165, 1.54) is 25.5 Å². The molecule has 2 N–H and O–H groups in total. The zero-order valence-corrected chi connectivity index (χ0v) is 10.6. The summed E-state index contributed by atoms with van der Waals surface area (Å²) >= 11 is 0. The fraction of sp³-hybridized carbons (Fsp3) is 0.214. The predicted octanol–water partition coefficient (Wildman–Crippen LogP) is 2.38. The molecule has 0 radical (unpaired) electrons. The summed E-state index contributed by atoms with van der Waals surface area (Å²) in [5.41, 5.74) is 1.50. The molecule has 0 unspecified atom stereocenters. The van der Waals surface area contributed by atoms with E-state index in [1.54, 1.807) is 12.1 Å². The van der Waals surface area contributed by atoms with Crippen LogP contribution in [0.15, 0.2) is 36.3 Å². The van der Waals surface area contributed by atoms with Gasteiger partial charge in [0.25, 0.3) is 0 Å². The summed E-state index contributed by atoms with van der Waals surface area (Å²) < 4.78 is 10.2. The maximum absolute atomic E-state index is 10.8. The van der Waals surface area contributed by atoms with Gasteiger partial charge in [0.1, 0.15) is 11.5 Å². The van der Waals surface area contributed by atoms with Crippen LogP contribution in [0.5, 0.6) is 11.5 Å². The Morgan fingerprint density at radius 1 is 1.37 bits per heavy atom. The van der Waals surface area contributed by atoms with Crippen LogP contribution in [0.2, 0.25) is 0 Å². The van der Waals surface area contributed by atoms with E-state index < -0.39 is 5.97 Å². The number of allylic oxidation sites excluding steroid dienone is 2. The number of carboxylic acid groups (broad SMARTS) is 1. The molecule has 1 aromatic rings. The highest BCUT2D eigenvalue weighted by molar-refractivity contribution is 5.86. The molecular weight excluding hydrogens is 248 g/mol. The minimum absolute atomic E-state index is 0.0791. The number of methoxy groups -OCH3 is 1. The number of ether oxygens (including phenoxy) is 2. The van der Waals surface area contributed by atoms with E-state index >= 15 is 0 Å². The number of phenolic OH excluding ortho intramolecular Hbond substituents is 1. The van der Waals surface area contributed by atoms with Crippen LogP contribution in [0, 0.1) is 5.92 Å². The zero-order valence-electron chi connectivity index (χ0n) is 10.6. The van der Waals surface area contributed by atoms with E-state index in [0.29, 0.717) is 5.75 Å². The Bertz CT molecular complexity index is 571. The predicted molar refractivity (Wildman–Crippen MR) is 68.6 cm³/mol. The third-order valence-corrected chi connectivity index (χ3v) is 2.88. The second-order valence-electron chi connectivity index (χ2n) is 4.24. The first kappa shape index (κ1) is 13.0. The number of carboxylic acids is 1. The van der Waals surface area contributed by atoms with Crippen molar-refractivity contribution in [2.24, 2.45) is 5.92 Å². The molecular formula is C14H14O5. The van der Waals surface area contributed by atoms with Gasteiger partial charge >= 0.3 is 5.97 Å². The van der Waals surface area contributed by atoms with Gasteiger partial charge in [-0.25, -0.2) is 4.79 Å². The van der Waals surface area contributed by atoms with Crippen molar-refractivity contribution in [2.45, 2.75) is 6.92 Å². The van der Waals surface area contributed by atoms with Gasteiger partial charge in [-0.1, -0.05) is 6.92 Å². The van der Waals surface area contributed by atoms with Gasteiger partial charge in [0.15, 0.2) is 0 Å². The molecule has 1 aliphatic heterocycles. The maximum Gasteiger partial charge on any atom is 0.371 e. The number of aliphatic carboxylic acids is 1. The van der Waals surface area contributed by atoms with Crippen molar-refractivity contribution in [1.29, 1.82) is 0 Å². The maximum atomic E-state index is 10.8. The largest absolute Gasteiger partial charge is 0.508 e. The first-order valence-corrected chi connectivity index (χ1v) is 5.71. The van der Waals surface area contributed by atoms with Crippen molar-refractivity contribution in [3.05, 3.63) is 41.9 Å².